The lowest BCUT2D eigenvalue weighted by molar-refractivity contribution is -0.122. The summed E-state index contributed by atoms with van der Waals surface area (Å²) in [5, 5.41) is 3.74. The zero-order valence-electron chi connectivity index (χ0n) is 13.5. The molecule has 1 aliphatic rings. The van der Waals surface area contributed by atoms with Crippen molar-refractivity contribution in [1.29, 1.82) is 0 Å². The van der Waals surface area contributed by atoms with Crippen LogP contribution in [-0.2, 0) is 11.2 Å². The first-order chi connectivity index (χ1) is 11.5. The molecular formula is C18H20ClN3O2. The second-order valence-corrected chi connectivity index (χ2v) is 6.69. The van der Waals surface area contributed by atoms with Crippen LogP contribution in [0.2, 0.25) is 5.02 Å². The van der Waals surface area contributed by atoms with Gasteiger partial charge in [-0.15, -0.1) is 0 Å². The van der Waals surface area contributed by atoms with Crippen molar-refractivity contribution in [2.45, 2.75) is 44.6 Å². The summed E-state index contributed by atoms with van der Waals surface area (Å²) < 4.78 is 0. The van der Waals surface area contributed by atoms with E-state index in [1.165, 1.54) is 0 Å². The lowest BCUT2D eigenvalue weighted by atomic mass is 9.78. The van der Waals surface area contributed by atoms with Crippen LogP contribution < -0.4 is 10.9 Å². The third-order valence-corrected chi connectivity index (χ3v) is 4.75. The van der Waals surface area contributed by atoms with Gasteiger partial charge in [0.25, 0.3) is 5.56 Å². The van der Waals surface area contributed by atoms with Crippen LogP contribution in [0, 0.1) is 6.92 Å². The number of amides is 1. The molecule has 1 amide bonds. The summed E-state index contributed by atoms with van der Waals surface area (Å²) >= 11 is 6.10. The molecule has 3 rings (SSSR count). The van der Waals surface area contributed by atoms with Crippen LogP contribution in [0.4, 0.5) is 0 Å². The summed E-state index contributed by atoms with van der Waals surface area (Å²) in [4.78, 5) is 30.6. The van der Waals surface area contributed by atoms with E-state index >= 15 is 0 Å². The van der Waals surface area contributed by atoms with Crippen molar-refractivity contribution in [2.24, 2.45) is 0 Å². The van der Waals surface area contributed by atoms with Crippen molar-refractivity contribution in [1.82, 2.24) is 15.3 Å². The minimum absolute atomic E-state index is 0.0356. The summed E-state index contributed by atoms with van der Waals surface area (Å²) in [6.45, 7) is 1.78. The van der Waals surface area contributed by atoms with Gasteiger partial charge in [-0.05, 0) is 37.8 Å². The Kier molecular flexibility index (Phi) is 5.00. The maximum absolute atomic E-state index is 12.1. The number of benzene rings is 1. The highest BCUT2D eigenvalue weighted by molar-refractivity contribution is 6.31. The molecule has 1 aliphatic carbocycles. The number of hydrogen-bond donors (Lipinski definition) is 2. The Labute approximate surface area is 145 Å². The van der Waals surface area contributed by atoms with Crippen LogP contribution in [0.5, 0.6) is 0 Å². The Balaban J connectivity index is 1.46. The van der Waals surface area contributed by atoms with E-state index in [0.717, 1.165) is 24.1 Å². The predicted octanol–water partition coefficient (Wildman–Crippen LogP) is 2.73. The second kappa shape index (κ2) is 7.18. The van der Waals surface area contributed by atoms with Gasteiger partial charge >= 0.3 is 0 Å². The van der Waals surface area contributed by atoms with Gasteiger partial charge in [0.2, 0.25) is 5.91 Å². The second-order valence-electron chi connectivity index (χ2n) is 6.28. The van der Waals surface area contributed by atoms with E-state index in [-0.39, 0.29) is 23.4 Å². The maximum atomic E-state index is 12.1. The molecule has 1 aromatic heterocycles. The summed E-state index contributed by atoms with van der Waals surface area (Å²) in [5.74, 6) is 0.915. The number of nitrogens with zero attached hydrogens (tertiary/aromatic N) is 1. The number of hydrogen-bond acceptors (Lipinski definition) is 3. The molecule has 0 aliphatic heterocycles. The fourth-order valence-corrected chi connectivity index (χ4v) is 3.27. The first-order valence-corrected chi connectivity index (χ1v) is 8.49. The molecule has 5 nitrogen and oxygen atoms in total. The van der Waals surface area contributed by atoms with E-state index in [4.69, 9.17) is 11.6 Å². The van der Waals surface area contributed by atoms with Gasteiger partial charge < -0.3 is 10.3 Å². The highest BCUT2D eigenvalue weighted by atomic mass is 35.5. The molecule has 126 valence electrons. The first kappa shape index (κ1) is 16.7. The van der Waals surface area contributed by atoms with Crippen molar-refractivity contribution in [3.05, 3.63) is 62.8 Å². The van der Waals surface area contributed by atoms with E-state index in [0.29, 0.717) is 23.7 Å². The maximum Gasteiger partial charge on any atom is 0.251 e. The molecule has 0 radical (unpaired) electrons. The molecule has 0 bridgehead atoms. The minimum Gasteiger partial charge on any atom is -0.353 e. The van der Waals surface area contributed by atoms with Crippen molar-refractivity contribution in [2.75, 3.05) is 0 Å². The number of H-pyrrole nitrogens is 1. The van der Waals surface area contributed by atoms with Crippen molar-refractivity contribution >= 4 is 17.5 Å². The number of aromatic nitrogens is 2. The summed E-state index contributed by atoms with van der Waals surface area (Å²) in [7, 11) is 0. The molecule has 0 spiro atoms. The van der Waals surface area contributed by atoms with Crippen molar-refractivity contribution in [3.8, 4) is 0 Å². The lowest BCUT2D eigenvalue weighted by Crippen LogP contribution is -2.43. The molecule has 0 atom stereocenters. The average Bonchev–Trinajstić information content (AvgIpc) is 2.48. The van der Waals surface area contributed by atoms with Gasteiger partial charge in [0.05, 0.1) is 5.69 Å². The number of halogens is 1. The van der Waals surface area contributed by atoms with Crippen molar-refractivity contribution < 1.29 is 4.79 Å². The Bertz CT molecular complexity index is 797. The average molecular weight is 346 g/mol. The third kappa shape index (κ3) is 4.03. The molecule has 24 heavy (non-hydrogen) atoms. The van der Waals surface area contributed by atoms with Gasteiger partial charge in [-0.1, -0.05) is 29.8 Å². The van der Waals surface area contributed by atoms with Crippen LogP contribution in [-0.4, -0.2) is 21.9 Å². The molecule has 0 unspecified atom stereocenters. The summed E-state index contributed by atoms with van der Waals surface area (Å²) in [6.07, 6.45) is 2.71. The van der Waals surface area contributed by atoms with Crippen LogP contribution in [0.15, 0.2) is 35.1 Å². The van der Waals surface area contributed by atoms with Crippen molar-refractivity contribution in [3.63, 3.8) is 0 Å². The zero-order valence-corrected chi connectivity index (χ0v) is 14.3. The minimum atomic E-state index is -0.121. The Morgan fingerprint density at radius 3 is 2.83 bits per heavy atom. The van der Waals surface area contributed by atoms with Crippen LogP contribution in [0.25, 0.3) is 0 Å². The molecule has 1 heterocycles. The molecule has 1 saturated carbocycles. The molecule has 2 aromatic rings. The van der Waals surface area contributed by atoms with Gasteiger partial charge in [0, 0.05) is 29.5 Å². The molecule has 1 aromatic carbocycles. The molecule has 6 heteroatoms. The van der Waals surface area contributed by atoms with Crippen LogP contribution in [0.1, 0.15) is 42.3 Å². The van der Waals surface area contributed by atoms with Gasteiger partial charge in [-0.25, -0.2) is 4.98 Å². The van der Waals surface area contributed by atoms with E-state index in [2.05, 4.69) is 15.3 Å². The fraction of sp³-hybridized carbons (Fsp3) is 0.389. The fourth-order valence-electron chi connectivity index (χ4n) is 3.04. The van der Waals surface area contributed by atoms with Gasteiger partial charge in [0.15, 0.2) is 0 Å². The predicted molar refractivity (Wildman–Crippen MR) is 93.3 cm³/mol. The molecule has 0 saturated heterocycles. The SMILES string of the molecule is Cc1nc(C2CC(NC(=O)CCc3ccccc3Cl)C2)cc(=O)[nH]1. The van der Waals surface area contributed by atoms with Crippen LogP contribution >= 0.6 is 11.6 Å². The molecule has 1 fully saturated rings. The lowest BCUT2D eigenvalue weighted by Gasteiger charge is -2.35. The smallest absolute Gasteiger partial charge is 0.251 e. The van der Waals surface area contributed by atoms with E-state index in [1.54, 1.807) is 13.0 Å². The van der Waals surface area contributed by atoms with Crippen LogP contribution in [0.3, 0.4) is 0 Å². The first-order valence-electron chi connectivity index (χ1n) is 8.12. The number of carbonyl (C=O) groups excluding carboxylic acids is 1. The van der Waals surface area contributed by atoms with Gasteiger partial charge in [-0.2, -0.15) is 0 Å². The highest BCUT2D eigenvalue weighted by Gasteiger charge is 2.32. The molecule has 2 N–H and O–H groups in total. The standard InChI is InChI=1S/C18H20ClN3O2/c1-11-20-16(10-18(24)21-11)13-8-14(9-13)22-17(23)7-6-12-4-2-3-5-15(12)19/h2-5,10,13-14H,6-9H2,1H3,(H,22,23)(H,20,21,24). The number of nitrogens with one attached hydrogen (secondary N) is 2. The van der Waals surface area contributed by atoms with E-state index in [9.17, 15) is 9.59 Å². The number of aryl methyl sites for hydroxylation is 2. The monoisotopic (exact) mass is 345 g/mol. The highest BCUT2D eigenvalue weighted by Crippen LogP contribution is 2.35. The number of aromatic amines is 1. The third-order valence-electron chi connectivity index (χ3n) is 4.38. The normalized spacial score (nSPS) is 19.6. The quantitative estimate of drug-likeness (QED) is 0.875. The Hall–Kier alpha value is -2.14. The van der Waals surface area contributed by atoms with E-state index < -0.39 is 0 Å². The topological polar surface area (TPSA) is 74.8 Å². The van der Waals surface area contributed by atoms with Gasteiger partial charge in [0.1, 0.15) is 5.82 Å². The number of rotatable bonds is 5. The molecular weight excluding hydrogens is 326 g/mol. The van der Waals surface area contributed by atoms with E-state index in [1.807, 2.05) is 24.3 Å². The Morgan fingerprint density at radius 1 is 1.38 bits per heavy atom. The summed E-state index contributed by atoms with van der Waals surface area (Å²) in [6, 6.07) is 9.29. The zero-order chi connectivity index (χ0) is 17.1. The Morgan fingerprint density at radius 2 is 2.12 bits per heavy atom. The summed E-state index contributed by atoms with van der Waals surface area (Å²) in [5.41, 5.74) is 1.69. The van der Waals surface area contributed by atoms with Gasteiger partial charge in [-0.3, -0.25) is 9.59 Å². The number of carbonyl (C=O) groups is 1. The largest absolute Gasteiger partial charge is 0.353 e.